The Hall–Kier alpha value is -1.50. The van der Waals surface area contributed by atoms with Gasteiger partial charge in [-0.05, 0) is 29.8 Å². The lowest BCUT2D eigenvalue weighted by molar-refractivity contribution is -0.121. The van der Waals surface area contributed by atoms with Crippen LogP contribution in [0, 0.1) is 0 Å². The largest absolute Gasteiger partial charge is 0.348 e. The Labute approximate surface area is 135 Å². The van der Waals surface area contributed by atoms with Crippen LogP contribution in [0.4, 0.5) is 0 Å². The Morgan fingerprint density at radius 1 is 1.24 bits per heavy atom. The maximum atomic E-state index is 12.1. The quantitative estimate of drug-likeness (QED) is 0.753. The summed E-state index contributed by atoms with van der Waals surface area (Å²) in [6.45, 7) is 2.00. The fourth-order valence-corrected chi connectivity index (χ4v) is 4.34. The number of thiazole rings is 1. The maximum Gasteiger partial charge on any atom is 0.226 e. The maximum absolute atomic E-state index is 12.1. The lowest BCUT2D eigenvalue weighted by Gasteiger charge is -2.11. The van der Waals surface area contributed by atoms with Gasteiger partial charge >= 0.3 is 0 Å². The fraction of sp³-hybridized carbons (Fsp3) is 0.200. The molecule has 1 atom stereocenters. The van der Waals surface area contributed by atoms with Gasteiger partial charge in [-0.1, -0.05) is 12.1 Å². The van der Waals surface area contributed by atoms with E-state index in [0.29, 0.717) is 6.42 Å². The number of carbonyl (C=O) groups is 1. The molecular formula is C15H14N2OS3. The van der Waals surface area contributed by atoms with Crippen molar-refractivity contribution in [2.75, 3.05) is 0 Å². The Morgan fingerprint density at radius 3 is 2.76 bits per heavy atom. The molecule has 6 heteroatoms. The molecule has 1 N–H and O–H groups in total. The minimum atomic E-state index is 0.0129. The standard InChI is InChI=1S/C15H14N2OS3/c1-10(12-4-2-6-19-12)16-14(18)8-11-9-21-15(17-11)13-5-3-7-20-13/h2-7,9-10H,8H2,1H3,(H,16,18)/t10-/m0/s1. The van der Waals surface area contributed by atoms with E-state index >= 15 is 0 Å². The predicted molar refractivity (Wildman–Crippen MR) is 90.0 cm³/mol. The van der Waals surface area contributed by atoms with Crippen molar-refractivity contribution in [3.05, 3.63) is 51.0 Å². The first-order chi connectivity index (χ1) is 10.2. The molecule has 0 aliphatic rings. The van der Waals surface area contributed by atoms with Crippen molar-refractivity contribution in [2.24, 2.45) is 0 Å². The van der Waals surface area contributed by atoms with E-state index in [9.17, 15) is 4.79 Å². The number of aromatic nitrogens is 1. The number of nitrogens with zero attached hydrogens (tertiary/aromatic N) is 1. The predicted octanol–water partition coefficient (Wildman–Crippen LogP) is 4.35. The van der Waals surface area contributed by atoms with Crippen molar-refractivity contribution in [3.8, 4) is 9.88 Å². The van der Waals surface area contributed by atoms with Crippen molar-refractivity contribution in [1.82, 2.24) is 10.3 Å². The third-order valence-electron chi connectivity index (χ3n) is 2.97. The van der Waals surface area contributed by atoms with Crippen LogP contribution >= 0.6 is 34.0 Å². The molecule has 0 radical (unpaired) electrons. The second-order valence-electron chi connectivity index (χ2n) is 4.60. The van der Waals surface area contributed by atoms with Crippen LogP contribution in [-0.2, 0) is 11.2 Å². The molecule has 3 heterocycles. The second kappa shape index (κ2) is 6.51. The molecule has 0 saturated heterocycles. The first kappa shape index (κ1) is 14.4. The Balaban J connectivity index is 1.60. The molecule has 3 aromatic heterocycles. The molecule has 3 nitrogen and oxygen atoms in total. The summed E-state index contributed by atoms with van der Waals surface area (Å²) in [5.41, 5.74) is 0.833. The highest BCUT2D eigenvalue weighted by molar-refractivity contribution is 7.20. The molecule has 0 fully saturated rings. The van der Waals surface area contributed by atoms with Gasteiger partial charge in [-0.15, -0.1) is 34.0 Å². The first-order valence-corrected chi connectivity index (χ1v) is 9.17. The monoisotopic (exact) mass is 334 g/mol. The number of amides is 1. The highest BCUT2D eigenvalue weighted by Gasteiger charge is 2.13. The second-order valence-corrected chi connectivity index (χ2v) is 7.39. The summed E-state index contributed by atoms with van der Waals surface area (Å²) in [6, 6.07) is 8.14. The molecule has 0 unspecified atom stereocenters. The zero-order valence-electron chi connectivity index (χ0n) is 11.4. The van der Waals surface area contributed by atoms with Gasteiger partial charge in [-0.2, -0.15) is 0 Å². The molecule has 0 aliphatic heterocycles. The van der Waals surface area contributed by atoms with Gasteiger partial charge in [0, 0.05) is 10.3 Å². The average molecular weight is 334 g/mol. The van der Waals surface area contributed by atoms with Gasteiger partial charge < -0.3 is 5.32 Å². The highest BCUT2D eigenvalue weighted by atomic mass is 32.1. The van der Waals surface area contributed by atoms with Gasteiger partial charge in [0.25, 0.3) is 0 Å². The van der Waals surface area contributed by atoms with E-state index in [0.717, 1.165) is 15.6 Å². The van der Waals surface area contributed by atoms with Crippen molar-refractivity contribution >= 4 is 39.9 Å². The molecule has 3 aromatic rings. The van der Waals surface area contributed by atoms with E-state index in [-0.39, 0.29) is 11.9 Å². The van der Waals surface area contributed by atoms with Crippen LogP contribution in [0.5, 0.6) is 0 Å². The van der Waals surface area contributed by atoms with Crippen LogP contribution in [-0.4, -0.2) is 10.9 Å². The van der Waals surface area contributed by atoms with Crippen LogP contribution < -0.4 is 5.32 Å². The summed E-state index contributed by atoms with van der Waals surface area (Å²) in [7, 11) is 0. The van der Waals surface area contributed by atoms with Crippen molar-refractivity contribution in [2.45, 2.75) is 19.4 Å². The van der Waals surface area contributed by atoms with Crippen molar-refractivity contribution < 1.29 is 4.79 Å². The summed E-state index contributed by atoms with van der Waals surface area (Å²) in [4.78, 5) is 18.9. The fourth-order valence-electron chi connectivity index (χ4n) is 1.97. The Morgan fingerprint density at radius 2 is 2.05 bits per heavy atom. The molecule has 0 saturated carbocycles. The van der Waals surface area contributed by atoms with E-state index < -0.39 is 0 Å². The Kier molecular flexibility index (Phi) is 4.48. The summed E-state index contributed by atoms with van der Waals surface area (Å²) in [5, 5.41) is 10.0. The number of thiophene rings is 2. The van der Waals surface area contributed by atoms with Crippen LogP contribution in [0.2, 0.25) is 0 Å². The van der Waals surface area contributed by atoms with E-state index in [1.54, 1.807) is 34.0 Å². The average Bonchev–Trinajstić information content (AvgIpc) is 3.21. The van der Waals surface area contributed by atoms with Crippen molar-refractivity contribution in [1.29, 1.82) is 0 Å². The van der Waals surface area contributed by atoms with Crippen LogP contribution in [0.1, 0.15) is 23.5 Å². The van der Waals surface area contributed by atoms with E-state index in [1.807, 2.05) is 47.3 Å². The molecule has 3 rings (SSSR count). The number of carbonyl (C=O) groups excluding carboxylic acids is 1. The summed E-state index contributed by atoms with van der Waals surface area (Å²) < 4.78 is 0. The molecule has 0 spiro atoms. The van der Waals surface area contributed by atoms with E-state index in [1.165, 1.54) is 4.88 Å². The first-order valence-electron chi connectivity index (χ1n) is 6.53. The molecule has 1 amide bonds. The number of hydrogen-bond donors (Lipinski definition) is 1. The number of rotatable bonds is 5. The van der Waals surface area contributed by atoms with Gasteiger partial charge in [0.1, 0.15) is 5.01 Å². The normalized spacial score (nSPS) is 12.2. The SMILES string of the molecule is C[C@H](NC(=O)Cc1csc(-c2cccs2)n1)c1cccs1. The zero-order valence-corrected chi connectivity index (χ0v) is 13.9. The summed E-state index contributed by atoms with van der Waals surface area (Å²) in [5.74, 6) is 0.0129. The molecule has 21 heavy (non-hydrogen) atoms. The van der Waals surface area contributed by atoms with E-state index in [4.69, 9.17) is 0 Å². The minimum Gasteiger partial charge on any atom is -0.348 e. The smallest absolute Gasteiger partial charge is 0.226 e. The molecule has 0 aliphatic carbocycles. The van der Waals surface area contributed by atoms with Crippen molar-refractivity contribution in [3.63, 3.8) is 0 Å². The number of nitrogens with one attached hydrogen (secondary N) is 1. The zero-order chi connectivity index (χ0) is 14.7. The van der Waals surface area contributed by atoms with Gasteiger partial charge in [-0.25, -0.2) is 4.98 Å². The molecular weight excluding hydrogens is 320 g/mol. The highest BCUT2D eigenvalue weighted by Crippen LogP contribution is 2.28. The molecule has 0 bridgehead atoms. The topological polar surface area (TPSA) is 42.0 Å². The summed E-state index contributed by atoms with van der Waals surface area (Å²) >= 11 is 4.91. The van der Waals surface area contributed by atoms with Crippen LogP contribution in [0.3, 0.4) is 0 Å². The lowest BCUT2D eigenvalue weighted by atomic mass is 10.2. The third-order valence-corrected chi connectivity index (χ3v) is 5.96. The third kappa shape index (κ3) is 3.58. The molecule has 108 valence electrons. The van der Waals surface area contributed by atoms with Crippen LogP contribution in [0.25, 0.3) is 9.88 Å². The van der Waals surface area contributed by atoms with E-state index in [2.05, 4.69) is 10.3 Å². The summed E-state index contributed by atoms with van der Waals surface area (Å²) in [6.07, 6.45) is 0.331. The lowest BCUT2D eigenvalue weighted by Crippen LogP contribution is -2.27. The van der Waals surface area contributed by atoms with Gasteiger partial charge in [0.15, 0.2) is 0 Å². The van der Waals surface area contributed by atoms with Gasteiger partial charge in [0.05, 0.1) is 23.0 Å². The van der Waals surface area contributed by atoms with Gasteiger partial charge in [0.2, 0.25) is 5.91 Å². The van der Waals surface area contributed by atoms with Crippen LogP contribution in [0.15, 0.2) is 40.4 Å². The Bertz CT molecular complexity index is 701. The molecule has 0 aromatic carbocycles. The minimum absolute atomic E-state index is 0.0129. The number of hydrogen-bond acceptors (Lipinski definition) is 5. The van der Waals surface area contributed by atoms with Gasteiger partial charge in [-0.3, -0.25) is 4.79 Å².